The number of benzene rings is 2. The molecule has 1 heterocycles. The summed E-state index contributed by atoms with van der Waals surface area (Å²) < 4.78 is 18.4. The number of nitrogens with one attached hydrogen (secondary N) is 2. The summed E-state index contributed by atoms with van der Waals surface area (Å²) in [4.78, 5) is 17.7. The molecular formula is C24H28FN3O2S. The van der Waals surface area contributed by atoms with Crippen molar-refractivity contribution in [3.05, 3.63) is 80.9 Å². The summed E-state index contributed by atoms with van der Waals surface area (Å²) in [5.41, 5.74) is 4.52. The smallest absolute Gasteiger partial charge is 0.253 e. The number of thiocarbonyl (C=S) groups is 1. The first-order valence-corrected chi connectivity index (χ1v) is 10.7. The van der Waals surface area contributed by atoms with Crippen molar-refractivity contribution in [2.24, 2.45) is 0 Å². The molecule has 164 valence electrons. The number of hydrogen-bond acceptors (Lipinski definition) is 3. The Labute approximate surface area is 187 Å². The van der Waals surface area contributed by atoms with Crippen LogP contribution in [-0.4, -0.2) is 35.3 Å². The van der Waals surface area contributed by atoms with Crippen molar-refractivity contribution in [2.45, 2.75) is 33.4 Å². The van der Waals surface area contributed by atoms with Crippen molar-refractivity contribution >= 4 is 28.2 Å². The lowest BCUT2D eigenvalue weighted by molar-refractivity contribution is 0.195. The molecule has 0 aliphatic heterocycles. The van der Waals surface area contributed by atoms with Gasteiger partial charge in [0.1, 0.15) is 5.82 Å². The SMILES string of the molecule is COCCCNC(=S)N(Cc1ccc(F)cc1)Cc1cc2cc(C)c(C)cc2[nH]c1=O. The highest BCUT2D eigenvalue weighted by Gasteiger charge is 2.14. The minimum absolute atomic E-state index is 0.137. The number of H-pyrrole nitrogens is 1. The van der Waals surface area contributed by atoms with Gasteiger partial charge in [0.15, 0.2) is 5.11 Å². The molecule has 3 rings (SSSR count). The van der Waals surface area contributed by atoms with Crippen molar-refractivity contribution in [1.82, 2.24) is 15.2 Å². The maximum absolute atomic E-state index is 13.3. The van der Waals surface area contributed by atoms with E-state index in [0.29, 0.717) is 36.9 Å². The van der Waals surface area contributed by atoms with Crippen molar-refractivity contribution in [2.75, 3.05) is 20.3 Å². The number of rotatable bonds is 8. The zero-order valence-corrected chi connectivity index (χ0v) is 18.9. The Balaban J connectivity index is 1.86. The predicted molar refractivity (Wildman–Crippen MR) is 127 cm³/mol. The second-order valence-corrected chi connectivity index (χ2v) is 8.09. The molecule has 0 fully saturated rings. The lowest BCUT2D eigenvalue weighted by Gasteiger charge is -2.26. The maximum Gasteiger partial charge on any atom is 0.253 e. The van der Waals surface area contributed by atoms with E-state index in [1.807, 2.05) is 24.0 Å². The fraction of sp³-hybridized carbons (Fsp3) is 0.333. The van der Waals surface area contributed by atoms with Crippen molar-refractivity contribution < 1.29 is 9.13 Å². The minimum atomic E-state index is -0.285. The molecule has 0 saturated heterocycles. The van der Waals surface area contributed by atoms with E-state index in [9.17, 15) is 9.18 Å². The van der Waals surface area contributed by atoms with Gasteiger partial charge >= 0.3 is 0 Å². The topological polar surface area (TPSA) is 57.4 Å². The van der Waals surface area contributed by atoms with Gasteiger partial charge < -0.3 is 19.9 Å². The van der Waals surface area contributed by atoms with Crippen LogP contribution in [-0.2, 0) is 17.8 Å². The molecule has 0 atom stereocenters. The molecule has 0 amide bonds. The second kappa shape index (κ2) is 10.5. The summed E-state index contributed by atoms with van der Waals surface area (Å²) in [6.07, 6.45) is 0.816. The third-order valence-corrected chi connectivity index (χ3v) is 5.67. The van der Waals surface area contributed by atoms with Gasteiger partial charge in [0.25, 0.3) is 5.56 Å². The van der Waals surface area contributed by atoms with Gasteiger partial charge in [-0.05, 0) is 84.9 Å². The molecule has 2 N–H and O–H groups in total. The maximum atomic E-state index is 13.3. The number of nitrogens with zero attached hydrogens (tertiary/aromatic N) is 1. The molecule has 0 saturated carbocycles. The number of ether oxygens (including phenoxy) is 1. The molecule has 3 aromatic rings. The number of hydrogen-bond donors (Lipinski definition) is 2. The van der Waals surface area contributed by atoms with E-state index in [0.717, 1.165) is 28.5 Å². The molecule has 0 bridgehead atoms. The number of aromatic amines is 1. The lowest BCUT2D eigenvalue weighted by atomic mass is 10.0. The highest BCUT2D eigenvalue weighted by molar-refractivity contribution is 7.80. The van der Waals surface area contributed by atoms with Crippen molar-refractivity contribution in [1.29, 1.82) is 0 Å². The summed E-state index contributed by atoms with van der Waals surface area (Å²) >= 11 is 5.61. The Bertz CT molecular complexity index is 1110. The van der Waals surface area contributed by atoms with Crippen LogP contribution in [0.3, 0.4) is 0 Å². The van der Waals surface area contributed by atoms with Gasteiger partial charge in [0.05, 0.1) is 6.54 Å². The third kappa shape index (κ3) is 6.12. The van der Waals surface area contributed by atoms with Gasteiger partial charge in [0.2, 0.25) is 0 Å². The Kier molecular flexibility index (Phi) is 7.76. The van der Waals surface area contributed by atoms with Gasteiger partial charge in [-0.2, -0.15) is 0 Å². The van der Waals surface area contributed by atoms with E-state index >= 15 is 0 Å². The molecule has 7 heteroatoms. The van der Waals surface area contributed by atoms with E-state index in [4.69, 9.17) is 17.0 Å². The average molecular weight is 442 g/mol. The molecule has 0 aliphatic carbocycles. The van der Waals surface area contributed by atoms with E-state index in [-0.39, 0.29) is 11.4 Å². The number of methoxy groups -OCH3 is 1. The summed E-state index contributed by atoms with van der Waals surface area (Å²) in [6, 6.07) is 12.3. The Morgan fingerprint density at radius 2 is 1.84 bits per heavy atom. The number of aromatic nitrogens is 1. The van der Waals surface area contributed by atoms with Crippen LogP contribution < -0.4 is 10.9 Å². The molecule has 31 heavy (non-hydrogen) atoms. The van der Waals surface area contributed by atoms with Crippen LogP contribution >= 0.6 is 12.2 Å². The highest BCUT2D eigenvalue weighted by atomic mass is 32.1. The van der Waals surface area contributed by atoms with E-state index < -0.39 is 0 Å². The summed E-state index contributed by atoms with van der Waals surface area (Å²) in [6.45, 7) is 6.18. The molecule has 0 radical (unpaired) electrons. The quantitative estimate of drug-likeness (QED) is 0.405. The van der Waals surface area contributed by atoms with Crippen LogP contribution in [0.1, 0.15) is 28.7 Å². The standard InChI is InChI=1S/C24H28FN3O2S/c1-16-11-19-13-20(23(29)27-22(19)12-17(16)2)15-28(24(31)26-9-4-10-30-3)14-18-5-7-21(25)8-6-18/h5-8,11-13H,4,9-10,14-15H2,1-3H3,(H,26,31)(H,27,29). The first kappa shape index (κ1) is 22.9. The Hall–Kier alpha value is -2.77. The first-order valence-electron chi connectivity index (χ1n) is 10.3. The molecule has 1 aromatic heterocycles. The molecule has 0 unspecified atom stereocenters. The molecular weight excluding hydrogens is 413 g/mol. The first-order chi connectivity index (χ1) is 14.9. The van der Waals surface area contributed by atoms with E-state index in [2.05, 4.69) is 23.3 Å². The van der Waals surface area contributed by atoms with Gasteiger partial charge in [-0.25, -0.2) is 4.39 Å². The van der Waals surface area contributed by atoms with Crippen LogP contribution in [0.25, 0.3) is 10.9 Å². The largest absolute Gasteiger partial charge is 0.385 e. The average Bonchev–Trinajstić information content (AvgIpc) is 2.74. The van der Waals surface area contributed by atoms with E-state index in [1.165, 1.54) is 17.7 Å². The zero-order chi connectivity index (χ0) is 22.4. The van der Waals surface area contributed by atoms with Crippen LogP contribution in [0.2, 0.25) is 0 Å². The van der Waals surface area contributed by atoms with Gasteiger partial charge in [0, 0.05) is 37.9 Å². The van der Waals surface area contributed by atoms with Crippen LogP contribution in [0.5, 0.6) is 0 Å². The molecule has 2 aromatic carbocycles. The van der Waals surface area contributed by atoms with Crippen LogP contribution in [0.15, 0.2) is 47.3 Å². The van der Waals surface area contributed by atoms with Crippen LogP contribution in [0.4, 0.5) is 4.39 Å². The second-order valence-electron chi connectivity index (χ2n) is 7.71. The number of aryl methyl sites for hydroxylation is 2. The minimum Gasteiger partial charge on any atom is -0.385 e. The number of pyridine rings is 1. The monoisotopic (exact) mass is 441 g/mol. The molecule has 0 spiro atoms. The fourth-order valence-corrected chi connectivity index (χ4v) is 3.61. The van der Waals surface area contributed by atoms with E-state index in [1.54, 1.807) is 19.2 Å². The highest BCUT2D eigenvalue weighted by Crippen LogP contribution is 2.18. The Morgan fingerprint density at radius 3 is 2.55 bits per heavy atom. The van der Waals surface area contributed by atoms with Gasteiger partial charge in [-0.1, -0.05) is 12.1 Å². The van der Waals surface area contributed by atoms with Gasteiger partial charge in [-0.3, -0.25) is 4.79 Å². The van der Waals surface area contributed by atoms with Gasteiger partial charge in [-0.15, -0.1) is 0 Å². The van der Waals surface area contributed by atoms with Crippen molar-refractivity contribution in [3.8, 4) is 0 Å². The number of fused-ring (bicyclic) bond motifs is 1. The summed E-state index contributed by atoms with van der Waals surface area (Å²) in [7, 11) is 1.66. The number of halogens is 1. The molecule has 0 aliphatic rings. The normalized spacial score (nSPS) is 11.0. The molecule has 5 nitrogen and oxygen atoms in total. The van der Waals surface area contributed by atoms with Crippen LogP contribution in [0, 0.1) is 19.7 Å². The lowest BCUT2D eigenvalue weighted by Crippen LogP contribution is -2.40. The van der Waals surface area contributed by atoms with Crippen molar-refractivity contribution in [3.63, 3.8) is 0 Å². The zero-order valence-electron chi connectivity index (χ0n) is 18.1. The Morgan fingerprint density at radius 1 is 1.13 bits per heavy atom. The predicted octanol–water partition coefficient (Wildman–Crippen LogP) is 4.20. The fourth-order valence-electron chi connectivity index (χ4n) is 3.38. The summed E-state index contributed by atoms with van der Waals surface area (Å²) in [5.74, 6) is -0.285. The summed E-state index contributed by atoms with van der Waals surface area (Å²) in [5, 5.41) is 4.76. The third-order valence-electron chi connectivity index (χ3n) is 5.27.